The molecular weight excluding hydrogens is 344 g/mol. The van der Waals surface area contributed by atoms with E-state index in [0.717, 1.165) is 31.4 Å². The lowest BCUT2D eigenvalue weighted by Crippen LogP contribution is -2.56. The number of ether oxygens (including phenoxy) is 1. The number of carbonyl (C=O) groups excluding carboxylic acids is 1. The summed E-state index contributed by atoms with van der Waals surface area (Å²) in [5.74, 6) is -0.0891. The van der Waals surface area contributed by atoms with Crippen LogP contribution in [0.25, 0.3) is 0 Å². The Kier molecular flexibility index (Phi) is 6.37. The number of benzene rings is 1. The molecule has 0 radical (unpaired) electrons. The fourth-order valence-electron chi connectivity index (χ4n) is 4.75. The summed E-state index contributed by atoms with van der Waals surface area (Å²) in [6.45, 7) is 4.29. The van der Waals surface area contributed by atoms with Crippen LogP contribution in [0.2, 0.25) is 0 Å². The van der Waals surface area contributed by atoms with E-state index >= 15 is 0 Å². The van der Waals surface area contributed by atoms with Crippen molar-refractivity contribution in [2.24, 2.45) is 11.8 Å². The molecule has 0 bridgehead atoms. The van der Waals surface area contributed by atoms with Crippen molar-refractivity contribution in [2.45, 2.75) is 64.1 Å². The lowest BCUT2D eigenvalue weighted by Gasteiger charge is -2.46. The van der Waals surface area contributed by atoms with Crippen molar-refractivity contribution in [3.05, 3.63) is 29.8 Å². The highest BCUT2D eigenvalue weighted by molar-refractivity contribution is 5.90. The zero-order valence-electron chi connectivity index (χ0n) is 16.1. The van der Waals surface area contributed by atoms with Crippen LogP contribution in [0.15, 0.2) is 24.3 Å². The van der Waals surface area contributed by atoms with Crippen LogP contribution in [0.1, 0.15) is 56.3 Å². The third-order valence-corrected chi connectivity index (χ3v) is 5.99. The number of esters is 1. The molecule has 5 atom stereocenters. The second-order valence-corrected chi connectivity index (χ2v) is 7.69. The number of carboxylic acids is 1. The van der Waals surface area contributed by atoms with Crippen LogP contribution < -0.4 is 10.6 Å². The van der Waals surface area contributed by atoms with Crippen molar-refractivity contribution in [1.82, 2.24) is 5.32 Å². The summed E-state index contributed by atoms with van der Waals surface area (Å²) in [7, 11) is 0. The van der Waals surface area contributed by atoms with E-state index in [1.807, 2.05) is 18.2 Å². The Morgan fingerprint density at radius 1 is 1.26 bits per heavy atom. The van der Waals surface area contributed by atoms with Crippen molar-refractivity contribution >= 4 is 17.6 Å². The van der Waals surface area contributed by atoms with Gasteiger partial charge < -0.3 is 20.5 Å². The number of rotatable bonds is 6. The lowest BCUT2D eigenvalue weighted by molar-refractivity contribution is -0.141. The molecule has 1 saturated heterocycles. The van der Waals surface area contributed by atoms with Crippen LogP contribution in [0.3, 0.4) is 0 Å². The number of carbonyl (C=O) groups is 2. The molecule has 2 aliphatic rings. The van der Waals surface area contributed by atoms with Gasteiger partial charge in [-0.15, -0.1) is 0 Å². The number of nitrogens with one attached hydrogen (secondary N) is 2. The third-order valence-electron chi connectivity index (χ3n) is 5.99. The first kappa shape index (κ1) is 19.7. The molecule has 2 fully saturated rings. The molecule has 0 spiro atoms. The monoisotopic (exact) mass is 374 g/mol. The number of fused-ring (bicyclic) bond motifs is 1. The van der Waals surface area contributed by atoms with Crippen LogP contribution >= 0.6 is 0 Å². The van der Waals surface area contributed by atoms with Crippen molar-refractivity contribution < 1.29 is 19.4 Å². The molecular formula is C21H30N2O4. The summed E-state index contributed by atoms with van der Waals surface area (Å²) in [6, 6.07) is 7.57. The fourth-order valence-corrected chi connectivity index (χ4v) is 4.75. The number of hydrogen-bond acceptors (Lipinski definition) is 5. The number of aliphatic carboxylic acids is 1. The zero-order chi connectivity index (χ0) is 19.4. The minimum atomic E-state index is -0.746. The van der Waals surface area contributed by atoms with Crippen LogP contribution in [0, 0.1) is 11.8 Å². The minimum Gasteiger partial charge on any atom is -0.480 e. The van der Waals surface area contributed by atoms with Gasteiger partial charge in [0, 0.05) is 17.8 Å². The van der Waals surface area contributed by atoms with Gasteiger partial charge >= 0.3 is 11.9 Å². The first-order valence-electron chi connectivity index (χ1n) is 10.0. The number of piperidine rings is 1. The highest BCUT2D eigenvalue weighted by atomic mass is 16.5. The molecule has 1 aliphatic carbocycles. The second kappa shape index (κ2) is 8.74. The average molecular weight is 374 g/mol. The molecule has 1 heterocycles. The van der Waals surface area contributed by atoms with Crippen molar-refractivity contribution in [1.29, 1.82) is 0 Å². The summed E-state index contributed by atoms with van der Waals surface area (Å²) in [6.07, 6.45) is 4.77. The molecule has 1 aromatic rings. The van der Waals surface area contributed by atoms with Crippen molar-refractivity contribution in [2.75, 3.05) is 11.9 Å². The average Bonchev–Trinajstić information content (AvgIpc) is 2.67. The van der Waals surface area contributed by atoms with Gasteiger partial charge in [0.1, 0.15) is 6.04 Å². The highest BCUT2D eigenvalue weighted by Crippen LogP contribution is 2.40. The molecule has 3 N–H and O–H groups in total. The van der Waals surface area contributed by atoms with Crippen molar-refractivity contribution in [3.63, 3.8) is 0 Å². The van der Waals surface area contributed by atoms with E-state index < -0.39 is 12.0 Å². The first-order chi connectivity index (χ1) is 13.0. The summed E-state index contributed by atoms with van der Waals surface area (Å²) in [5.41, 5.74) is 1.47. The van der Waals surface area contributed by atoms with Gasteiger partial charge in [-0.25, -0.2) is 4.79 Å². The van der Waals surface area contributed by atoms with E-state index in [1.165, 1.54) is 0 Å². The van der Waals surface area contributed by atoms with Gasteiger partial charge in [-0.3, -0.25) is 4.79 Å². The van der Waals surface area contributed by atoms with Crippen LogP contribution in [-0.4, -0.2) is 41.8 Å². The molecule has 1 saturated carbocycles. The van der Waals surface area contributed by atoms with E-state index in [-0.39, 0.29) is 12.0 Å². The summed E-state index contributed by atoms with van der Waals surface area (Å²) in [5, 5.41) is 16.3. The molecule has 0 amide bonds. The molecule has 3 rings (SSSR count). The van der Waals surface area contributed by atoms with E-state index in [4.69, 9.17) is 4.74 Å². The van der Waals surface area contributed by atoms with Crippen LogP contribution in [0.4, 0.5) is 5.69 Å². The minimum absolute atomic E-state index is 0.290. The molecule has 6 heteroatoms. The maximum absolute atomic E-state index is 11.9. The lowest BCUT2D eigenvalue weighted by atomic mass is 9.68. The fraction of sp³-hybridized carbons (Fsp3) is 0.619. The number of anilines is 1. The topological polar surface area (TPSA) is 87.7 Å². The predicted molar refractivity (Wildman–Crippen MR) is 104 cm³/mol. The Bertz CT molecular complexity index is 678. The number of carboxylic acid groups (broad SMARTS) is 1. The van der Waals surface area contributed by atoms with Crippen LogP contribution in [0.5, 0.6) is 0 Å². The molecule has 1 aliphatic heterocycles. The zero-order valence-corrected chi connectivity index (χ0v) is 16.1. The molecule has 1 unspecified atom stereocenters. The first-order valence-corrected chi connectivity index (χ1v) is 10.0. The summed E-state index contributed by atoms with van der Waals surface area (Å²) >= 11 is 0. The van der Waals surface area contributed by atoms with E-state index in [9.17, 15) is 14.7 Å². The molecule has 27 heavy (non-hydrogen) atoms. The quantitative estimate of drug-likeness (QED) is 0.663. The second-order valence-electron chi connectivity index (χ2n) is 7.69. The molecule has 0 aromatic heterocycles. The summed E-state index contributed by atoms with van der Waals surface area (Å²) < 4.78 is 5.07. The Morgan fingerprint density at radius 3 is 2.78 bits per heavy atom. The highest BCUT2D eigenvalue weighted by Gasteiger charge is 2.42. The molecule has 148 valence electrons. The van der Waals surface area contributed by atoms with E-state index in [1.54, 1.807) is 13.0 Å². The SMILES string of the molecule is CCOC(=O)c1cccc(N[C@H]2CC[C@H]3C(CC)N[C@H](C(=O)O)C[C@H]3C2)c1. The van der Waals surface area contributed by atoms with Crippen molar-refractivity contribution in [3.8, 4) is 0 Å². The van der Waals surface area contributed by atoms with Gasteiger partial charge in [-0.1, -0.05) is 13.0 Å². The van der Waals surface area contributed by atoms with Crippen LogP contribution in [-0.2, 0) is 9.53 Å². The smallest absolute Gasteiger partial charge is 0.338 e. The normalized spacial score (nSPS) is 30.2. The largest absolute Gasteiger partial charge is 0.480 e. The Balaban J connectivity index is 1.65. The van der Waals surface area contributed by atoms with Gasteiger partial charge in [0.25, 0.3) is 0 Å². The van der Waals surface area contributed by atoms with Gasteiger partial charge in [0.05, 0.1) is 12.2 Å². The third kappa shape index (κ3) is 4.61. The molecule has 1 aromatic carbocycles. The Hall–Kier alpha value is -2.08. The van der Waals surface area contributed by atoms with E-state index in [2.05, 4.69) is 17.6 Å². The molecule has 6 nitrogen and oxygen atoms in total. The summed E-state index contributed by atoms with van der Waals surface area (Å²) in [4.78, 5) is 23.4. The standard InChI is InChI=1S/C21H30N2O4/c1-3-18-17-9-8-16(11-14(17)12-19(23-18)20(24)25)22-15-7-5-6-13(10-15)21(26)27-4-2/h5-7,10,14,16-19,22-23H,3-4,8-9,11-12H2,1-2H3,(H,24,25)/t14-,16+,17-,18?,19+/m1/s1. The van der Waals surface area contributed by atoms with E-state index in [0.29, 0.717) is 36.5 Å². The predicted octanol–water partition coefficient (Wildman–Crippen LogP) is 3.29. The van der Waals surface area contributed by atoms with Gasteiger partial charge in [-0.2, -0.15) is 0 Å². The maximum atomic E-state index is 11.9. The van der Waals surface area contributed by atoms with Gasteiger partial charge in [0.15, 0.2) is 0 Å². The van der Waals surface area contributed by atoms with Gasteiger partial charge in [0.2, 0.25) is 0 Å². The Labute approximate surface area is 160 Å². The Morgan fingerprint density at radius 2 is 2.07 bits per heavy atom. The van der Waals surface area contributed by atoms with Gasteiger partial charge in [-0.05, 0) is 69.1 Å². The maximum Gasteiger partial charge on any atom is 0.338 e. The number of hydrogen-bond donors (Lipinski definition) is 3.